The quantitative estimate of drug-likeness (QED) is 0.818. The van der Waals surface area contributed by atoms with Crippen LogP contribution in [0.25, 0.3) is 0 Å². The molecule has 3 nitrogen and oxygen atoms in total. The van der Waals surface area contributed by atoms with E-state index >= 15 is 0 Å². The standard InChI is InChI=1S/C14H22N2O/c1-10(2)13(15)8-14(17)16-9-12-7-5-4-6-11(12)3/h4-7,10,13H,8-9,15H2,1-3H3,(H,16,17). The lowest BCUT2D eigenvalue weighted by Crippen LogP contribution is -2.34. The molecule has 0 saturated carbocycles. The Balaban J connectivity index is 2.41. The van der Waals surface area contributed by atoms with E-state index in [0.717, 1.165) is 5.56 Å². The van der Waals surface area contributed by atoms with Crippen LogP contribution in [0.3, 0.4) is 0 Å². The Morgan fingerprint density at radius 2 is 2.00 bits per heavy atom. The number of rotatable bonds is 5. The van der Waals surface area contributed by atoms with Gasteiger partial charge in [0.25, 0.3) is 0 Å². The zero-order chi connectivity index (χ0) is 12.8. The molecular formula is C14H22N2O. The van der Waals surface area contributed by atoms with Gasteiger partial charge in [-0.15, -0.1) is 0 Å². The zero-order valence-corrected chi connectivity index (χ0v) is 10.9. The summed E-state index contributed by atoms with van der Waals surface area (Å²) >= 11 is 0. The second-order valence-electron chi connectivity index (χ2n) is 4.82. The summed E-state index contributed by atoms with van der Waals surface area (Å²) in [6.07, 6.45) is 0.392. The van der Waals surface area contributed by atoms with Gasteiger partial charge in [-0.25, -0.2) is 0 Å². The van der Waals surface area contributed by atoms with Crippen LogP contribution in [0.1, 0.15) is 31.4 Å². The highest BCUT2D eigenvalue weighted by Crippen LogP contribution is 2.07. The van der Waals surface area contributed by atoms with Crippen molar-refractivity contribution in [3.05, 3.63) is 35.4 Å². The van der Waals surface area contributed by atoms with Crippen LogP contribution in [0.15, 0.2) is 24.3 Å². The first-order valence-corrected chi connectivity index (χ1v) is 6.07. The predicted molar refractivity (Wildman–Crippen MR) is 70.5 cm³/mol. The van der Waals surface area contributed by atoms with Crippen molar-refractivity contribution < 1.29 is 4.79 Å². The monoisotopic (exact) mass is 234 g/mol. The largest absolute Gasteiger partial charge is 0.352 e. The molecule has 94 valence electrons. The minimum absolute atomic E-state index is 0.0226. The Morgan fingerprint density at radius 3 is 2.59 bits per heavy atom. The molecule has 0 aliphatic carbocycles. The first kappa shape index (κ1) is 13.7. The third-order valence-corrected chi connectivity index (χ3v) is 3.01. The second-order valence-corrected chi connectivity index (χ2v) is 4.82. The van der Waals surface area contributed by atoms with Crippen LogP contribution in [0.5, 0.6) is 0 Å². The first-order chi connectivity index (χ1) is 8.00. The van der Waals surface area contributed by atoms with Crippen molar-refractivity contribution in [2.24, 2.45) is 11.7 Å². The van der Waals surface area contributed by atoms with Gasteiger partial charge in [-0.1, -0.05) is 38.1 Å². The van der Waals surface area contributed by atoms with Crippen LogP contribution in [0, 0.1) is 12.8 Å². The van der Waals surface area contributed by atoms with Crippen molar-refractivity contribution in [3.8, 4) is 0 Å². The number of aryl methyl sites for hydroxylation is 1. The molecule has 0 heterocycles. The summed E-state index contributed by atoms with van der Waals surface area (Å²) < 4.78 is 0. The predicted octanol–water partition coefficient (Wildman–Crippen LogP) is 1.98. The summed E-state index contributed by atoms with van der Waals surface area (Å²) in [5.41, 5.74) is 8.20. The average Bonchev–Trinajstić information content (AvgIpc) is 2.27. The van der Waals surface area contributed by atoms with E-state index in [1.807, 2.05) is 45.0 Å². The summed E-state index contributed by atoms with van der Waals surface area (Å²) in [6.45, 7) is 6.68. The number of carbonyl (C=O) groups is 1. The number of nitrogens with two attached hydrogens (primary N) is 1. The molecule has 17 heavy (non-hydrogen) atoms. The van der Waals surface area contributed by atoms with Gasteiger partial charge in [0, 0.05) is 19.0 Å². The molecule has 1 aromatic rings. The fourth-order valence-electron chi connectivity index (χ4n) is 1.52. The van der Waals surface area contributed by atoms with Gasteiger partial charge in [0.05, 0.1) is 0 Å². The van der Waals surface area contributed by atoms with Gasteiger partial charge in [-0.2, -0.15) is 0 Å². The molecule has 0 spiro atoms. The van der Waals surface area contributed by atoms with Crippen molar-refractivity contribution in [2.45, 2.75) is 39.8 Å². The van der Waals surface area contributed by atoms with Crippen molar-refractivity contribution in [2.75, 3.05) is 0 Å². The molecule has 1 amide bonds. The van der Waals surface area contributed by atoms with E-state index in [-0.39, 0.29) is 11.9 Å². The van der Waals surface area contributed by atoms with Crippen LogP contribution in [-0.4, -0.2) is 11.9 Å². The Kier molecular flexibility index (Phi) is 5.16. The van der Waals surface area contributed by atoms with E-state index in [1.165, 1.54) is 5.56 Å². The highest BCUT2D eigenvalue weighted by molar-refractivity contribution is 5.76. The van der Waals surface area contributed by atoms with E-state index < -0.39 is 0 Å². The Morgan fingerprint density at radius 1 is 1.35 bits per heavy atom. The van der Waals surface area contributed by atoms with Gasteiger partial charge in [-0.05, 0) is 24.0 Å². The van der Waals surface area contributed by atoms with Crippen molar-refractivity contribution >= 4 is 5.91 Å². The molecule has 0 radical (unpaired) electrons. The molecule has 1 unspecified atom stereocenters. The molecule has 0 bridgehead atoms. The number of benzene rings is 1. The van der Waals surface area contributed by atoms with Crippen LogP contribution >= 0.6 is 0 Å². The van der Waals surface area contributed by atoms with Gasteiger partial charge in [0.1, 0.15) is 0 Å². The number of hydrogen-bond donors (Lipinski definition) is 2. The highest BCUT2D eigenvalue weighted by atomic mass is 16.1. The molecule has 3 N–H and O–H groups in total. The Labute approximate surface area is 103 Å². The Bertz CT molecular complexity index is 374. The normalized spacial score (nSPS) is 12.5. The fourth-order valence-corrected chi connectivity index (χ4v) is 1.52. The minimum atomic E-state index is -0.0631. The third-order valence-electron chi connectivity index (χ3n) is 3.01. The average molecular weight is 234 g/mol. The molecule has 0 fully saturated rings. The molecule has 3 heteroatoms. The number of hydrogen-bond acceptors (Lipinski definition) is 2. The SMILES string of the molecule is Cc1ccccc1CNC(=O)CC(N)C(C)C. The summed E-state index contributed by atoms with van der Waals surface area (Å²) in [5.74, 6) is 0.355. The topological polar surface area (TPSA) is 55.1 Å². The van der Waals surface area contributed by atoms with Gasteiger partial charge in [-0.3, -0.25) is 4.79 Å². The van der Waals surface area contributed by atoms with E-state index in [0.29, 0.717) is 18.9 Å². The molecule has 0 aliphatic rings. The summed E-state index contributed by atoms with van der Waals surface area (Å²) in [7, 11) is 0. The molecular weight excluding hydrogens is 212 g/mol. The zero-order valence-electron chi connectivity index (χ0n) is 10.9. The van der Waals surface area contributed by atoms with Crippen LogP contribution in [-0.2, 0) is 11.3 Å². The molecule has 1 atom stereocenters. The van der Waals surface area contributed by atoms with Crippen LogP contribution < -0.4 is 11.1 Å². The number of carbonyl (C=O) groups excluding carboxylic acids is 1. The maximum absolute atomic E-state index is 11.7. The third kappa shape index (κ3) is 4.57. The number of nitrogens with one attached hydrogen (secondary N) is 1. The lowest BCUT2D eigenvalue weighted by molar-refractivity contribution is -0.121. The minimum Gasteiger partial charge on any atom is -0.352 e. The lowest BCUT2D eigenvalue weighted by atomic mass is 10.0. The molecule has 0 aliphatic heterocycles. The Hall–Kier alpha value is -1.35. The van der Waals surface area contributed by atoms with E-state index in [2.05, 4.69) is 5.32 Å². The molecule has 0 saturated heterocycles. The van der Waals surface area contributed by atoms with Crippen LogP contribution in [0.2, 0.25) is 0 Å². The molecule has 1 rings (SSSR count). The van der Waals surface area contributed by atoms with E-state index in [4.69, 9.17) is 5.73 Å². The summed E-state index contributed by atoms with van der Waals surface area (Å²) in [6, 6.07) is 7.98. The first-order valence-electron chi connectivity index (χ1n) is 6.07. The summed E-state index contributed by atoms with van der Waals surface area (Å²) in [4.78, 5) is 11.7. The number of amides is 1. The van der Waals surface area contributed by atoms with E-state index in [1.54, 1.807) is 0 Å². The lowest BCUT2D eigenvalue weighted by Gasteiger charge is -2.15. The van der Waals surface area contributed by atoms with Crippen molar-refractivity contribution in [1.82, 2.24) is 5.32 Å². The summed E-state index contributed by atoms with van der Waals surface area (Å²) in [5, 5.41) is 2.91. The molecule has 1 aromatic carbocycles. The van der Waals surface area contributed by atoms with Gasteiger partial charge in [0.2, 0.25) is 5.91 Å². The smallest absolute Gasteiger partial charge is 0.221 e. The van der Waals surface area contributed by atoms with Crippen molar-refractivity contribution in [1.29, 1.82) is 0 Å². The van der Waals surface area contributed by atoms with E-state index in [9.17, 15) is 4.79 Å². The van der Waals surface area contributed by atoms with Gasteiger partial charge < -0.3 is 11.1 Å². The van der Waals surface area contributed by atoms with Crippen LogP contribution in [0.4, 0.5) is 0 Å². The highest BCUT2D eigenvalue weighted by Gasteiger charge is 2.12. The maximum atomic E-state index is 11.7. The fraction of sp³-hybridized carbons (Fsp3) is 0.500. The van der Waals surface area contributed by atoms with Gasteiger partial charge in [0.15, 0.2) is 0 Å². The van der Waals surface area contributed by atoms with Gasteiger partial charge >= 0.3 is 0 Å². The molecule has 0 aromatic heterocycles. The maximum Gasteiger partial charge on any atom is 0.221 e. The second kappa shape index (κ2) is 6.40. The van der Waals surface area contributed by atoms with Crippen molar-refractivity contribution in [3.63, 3.8) is 0 Å².